The van der Waals surface area contributed by atoms with Gasteiger partial charge in [0.25, 0.3) is 11.6 Å². The van der Waals surface area contributed by atoms with Crippen molar-refractivity contribution in [1.82, 2.24) is 5.32 Å². The molecule has 5 nitrogen and oxygen atoms in total. The van der Waals surface area contributed by atoms with Gasteiger partial charge < -0.3 is 5.32 Å². The molecule has 0 radical (unpaired) electrons. The second-order valence-corrected chi connectivity index (χ2v) is 5.55. The molecule has 0 heterocycles. The van der Waals surface area contributed by atoms with Gasteiger partial charge in [0, 0.05) is 23.6 Å². The first-order chi connectivity index (χ1) is 10.0. The molecule has 0 aliphatic heterocycles. The van der Waals surface area contributed by atoms with E-state index in [1.165, 1.54) is 11.8 Å². The monoisotopic (exact) mass is 302 g/mol. The number of nitro groups is 1. The van der Waals surface area contributed by atoms with Crippen molar-refractivity contribution in [3.63, 3.8) is 0 Å². The molecule has 0 saturated heterocycles. The molecule has 21 heavy (non-hydrogen) atoms. The van der Waals surface area contributed by atoms with E-state index >= 15 is 0 Å². The van der Waals surface area contributed by atoms with Gasteiger partial charge in [-0.05, 0) is 36.8 Å². The zero-order valence-corrected chi connectivity index (χ0v) is 12.4. The molecule has 0 bridgehead atoms. The Balaban J connectivity index is 2.34. The number of nitrogens with one attached hydrogen (secondary N) is 1. The quantitative estimate of drug-likeness (QED) is 0.694. The van der Waals surface area contributed by atoms with Crippen molar-refractivity contribution in [1.29, 1.82) is 0 Å². The average Bonchev–Trinajstić information content (AvgIpc) is 2.48. The van der Waals surface area contributed by atoms with Crippen molar-refractivity contribution < 1.29 is 9.72 Å². The van der Waals surface area contributed by atoms with Crippen molar-refractivity contribution in [2.24, 2.45) is 0 Å². The number of aryl methyl sites for hydroxylation is 1. The molecule has 1 N–H and O–H groups in total. The molecule has 0 fully saturated rings. The van der Waals surface area contributed by atoms with Crippen LogP contribution in [-0.4, -0.2) is 17.9 Å². The van der Waals surface area contributed by atoms with Gasteiger partial charge in [-0.3, -0.25) is 14.9 Å². The fourth-order valence-corrected chi connectivity index (χ4v) is 2.79. The zero-order valence-electron chi connectivity index (χ0n) is 11.6. The smallest absolute Gasteiger partial charge is 0.283 e. The van der Waals surface area contributed by atoms with Crippen molar-refractivity contribution in [3.8, 4) is 0 Å². The van der Waals surface area contributed by atoms with E-state index in [4.69, 9.17) is 0 Å². The first kappa shape index (κ1) is 15.1. The number of carbonyl (C=O) groups excluding carboxylic acids is 1. The molecule has 0 atom stereocenters. The minimum atomic E-state index is -0.391. The lowest BCUT2D eigenvalue weighted by Crippen LogP contribution is -2.17. The predicted molar refractivity (Wildman–Crippen MR) is 81.8 cm³/mol. The molecule has 0 saturated carbocycles. The highest BCUT2D eigenvalue weighted by atomic mass is 32.2. The highest BCUT2D eigenvalue weighted by Gasteiger charge is 2.15. The highest BCUT2D eigenvalue weighted by molar-refractivity contribution is 7.99. The Labute approximate surface area is 126 Å². The van der Waals surface area contributed by atoms with Crippen LogP contribution < -0.4 is 5.32 Å². The first-order valence-electron chi connectivity index (χ1n) is 6.26. The topological polar surface area (TPSA) is 72.2 Å². The fraction of sp³-hybridized carbons (Fsp3) is 0.133. The van der Waals surface area contributed by atoms with Crippen LogP contribution >= 0.6 is 11.8 Å². The molecule has 2 aromatic carbocycles. The van der Waals surface area contributed by atoms with E-state index < -0.39 is 4.92 Å². The van der Waals surface area contributed by atoms with Crippen molar-refractivity contribution in [2.75, 3.05) is 7.05 Å². The van der Waals surface area contributed by atoms with Crippen LogP contribution in [0.1, 0.15) is 15.9 Å². The minimum absolute atomic E-state index is 0.0744. The van der Waals surface area contributed by atoms with Gasteiger partial charge in [-0.1, -0.05) is 23.9 Å². The normalized spacial score (nSPS) is 10.2. The first-order valence-corrected chi connectivity index (χ1v) is 7.08. The molecule has 0 aromatic heterocycles. The molecule has 0 unspecified atom stereocenters. The van der Waals surface area contributed by atoms with E-state index in [2.05, 4.69) is 5.32 Å². The van der Waals surface area contributed by atoms with Crippen LogP contribution in [-0.2, 0) is 0 Å². The third-order valence-electron chi connectivity index (χ3n) is 2.86. The van der Waals surface area contributed by atoms with Gasteiger partial charge in [0.2, 0.25) is 0 Å². The van der Waals surface area contributed by atoms with E-state index in [9.17, 15) is 14.9 Å². The summed E-state index contributed by atoms with van der Waals surface area (Å²) in [7, 11) is 1.56. The second-order valence-electron chi connectivity index (χ2n) is 4.44. The maximum Gasteiger partial charge on any atom is 0.283 e. The second kappa shape index (κ2) is 6.41. The van der Waals surface area contributed by atoms with Crippen LogP contribution in [0.2, 0.25) is 0 Å². The maximum atomic E-state index is 11.6. The molecule has 0 aliphatic carbocycles. The lowest BCUT2D eigenvalue weighted by atomic mass is 10.2. The predicted octanol–water partition coefficient (Wildman–Crippen LogP) is 3.41. The lowest BCUT2D eigenvalue weighted by Gasteiger charge is -2.06. The average molecular weight is 302 g/mol. The summed E-state index contributed by atoms with van der Waals surface area (Å²) in [5.74, 6) is -0.184. The van der Waals surface area contributed by atoms with E-state index in [-0.39, 0.29) is 11.6 Å². The van der Waals surface area contributed by atoms with Gasteiger partial charge in [-0.15, -0.1) is 0 Å². The number of nitrogens with zero attached hydrogens (tertiary/aromatic N) is 1. The number of nitro benzene ring substituents is 1. The van der Waals surface area contributed by atoms with Crippen molar-refractivity contribution in [2.45, 2.75) is 16.7 Å². The Bertz CT molecular complexity index is 701. The number of hydrogen-bond acceptors (Lipinski definition) is 4. The molecule has 6 heteroatoms. The summed E-state index contributed by atoms with van der Waals surface area (Å²) >= 11 is 1.27. The summed E-state index contributed by atoms with van der Waals surface area (Å²) in [4.78, 5) is 23.7. The Morgan fingerprint density at radius 2 is 2.00 bits per heavy atom. The van der Waals surface area contributed by atoms with Gasteiger partial charge in [0.1, 0.15) is 0 Å². The summed E-state index contributed by atoms with van der Waals surface area (Å²) in [5.41, 5.74) is 1.44. The minimum Gasteiger partial charge on any atom is -0.355 e. The van der Waals surface area contributed by atoms with E-state index in [0.717, 1.165) is 10.5 Å². The molecule has 1 amide bonds. The van der Waals surface area contributed by atoms with Crippen LogP contribution in [0, 0.1) is 17.0 Å². The summed E-state index contributed by atoms with van der Waals surface area (Å²) in [6, 6.07) is 12.1. The largest absolute Gasteiger partial charge is 0.355 e. The van der Waals surface area contributed by atoms with Crippen LogP contribution in [0.5, 0.6) is 0 Å². The molecule has 0 aliphatic rings. The number of benzene rings is 2. The van der Waals surface area contributed by atoms with Gasteiger partial charge in [0.15, 0.2) is 0 Å². The van der Waals surface area contributed by atoms with Gasteiger partial charge in [-0.25, -0.2) is 0 Å². The Hall–Kier alpha value is -2.34. The Morgan fingerprint density at radius 1 is 1.24 bits per heavy atom. The van der Waals surface area contributed by atoms with Crippen LogP contribution in [0.4, 0.5) is 5.69 Å². The summed E-state index contributed by atoms with van der Waals surface area (Å²) < 4.78 is 0. The molecule has 0 spiro atoms. The maximum absolute atomic E-state index is 11.6. The third-order valence-corrected chi connectivity index (χ3v) is 3.92. The standard InChI is InChI=1S/C15H14N2O3S/c1-10-6-7-14(13(8-10)17(19)20)21-12-5-3-4-11(9-12)15(18)16-2/h3-9H,1-2H3,(H,16,18). The molecule has 2 rings (SSSR count). The molecular weight excluding hydrogens is 288 g/mol. The highest BCUT2D eigenvalue weighted by Crippen LogP contribution is 2.35. The Kier molecular flexibility index (Phi) is 4.59. The van der Waals surface area contributed by atoms with Crippen molar-refractivity contribution in [3.05, 3.63) is 63.7 Å². The molecule has 2 aromatic rings. The summed E-state index contributed by atoms with van der Waals surface area (Å²) in [6.45, 7) is 1.81. The van der Waals surface area contributed by atoms with Gasteiger partial charge in [-0.2, -0.15) is 0 Å². The van der Waals surface area contributed by atoms with Crippen molar-refractivity contribution >= 4 is 23.4 Å². The SMILES string of the molecule is CNC(=O)c1cccc(Sc2ccc(C)cc2[N+](=O)[O-])c1. The lowest BCUT2D eigenvalue weighted by molar-refractivity contribution is -0.387. The molecular formula is C15H14N2O3S. The third kappa shape index (κ3) is 3.61. The Morgan fingerprint density at radius 3 is 2.67 bits per heavy atom. The summed E-state index contributed by atoms with van der Waals surface area (Å²) in [6.07, 6.45) is 0. The number of hydrogen-bond donors (Lipinski definition) is 1. The molecule has 108 valence electrons. The fourth-order valence-electron chi connectivity index (χ4n) is 1.83. The van der Waals surface area contributed by atoms with Gasteiger partial charge in [0.05, 0.1) is 9.82 Å². The number of rotatable bonds is 4. The van der Waals surface area contributed by atoms with E-state index in [1.807, 2.05) is 19.1 Å². The number of amides is 1. The van der Waals surface area contributed by atoms with E-state index in [0.29, 0.717) is 10.5 Å². The van der Waals surface area contributed by atoms with Crippen LogP contribution in [0.25, 0.3) is 0 Å². The van der Waals surface area contributed by atoms with E-state index in [1.54, 1.807) is 37.4 Å². The summed E-state index contributed by atoms with van der Waals surface area (Å²) in [5, 5.41) is 13.7. The van der Waals surface area contributed by atoms with Crippen LogP contribution in [0.3, 0.4) is 0 Å². The number of carbonyl (C=O) groups is 1. The zero-order chi connectivity index (χ0) is 15.4. The van der Waals surface area contributed by atoms with Crippen LogP contribution in [0.15, 0.2) is 52.3 Å². The van der Waals surface area contributed by atoms with Gasteiger partial charge >= 0.3 is 0 Å².